The van der Waals surface area contributed by atoms with E-state index < -0.39 is 0 Å². The van der Waals surface area contributed by atoms with Crippen LogP contribution in [0, 0.1) is 0 Å². The Balaban J connectivity index is 2.08. The Kier molecular flexibility index (Phi) is 2.83. The molecule has 1 aliphatic heterocycles. The Morgan fingerprint density at radius 2 is 2.08 bits per heavy atom. The molecule has 1 saturated heterocycles. The van der Waals surface area contributed by atoms with Crippen molar-refractivity contribution in [1.82, 2.24) is 9.74 Å². The van der Waals surface area contributed by atoms with Gasteiger partial charge in [0.2, 0.25) is 0 Å². The highest BCUT2D eigenvalue weighted by atomic mass is 35.5. The quantitative estimate of drug-likeness (QED) is 0.625. The average Bonchev–Trinajstić information content (AvgIpc) is 2.19. The highest BCUT2D eigenvalue weighted by Gasteiger charge is 2.19. The van der Waals surface area contributed by atoms with Gasteiger partial charge >= 0.3 is 0 Å². The Hall–Kier alpha value is -0.570. The van der Waals surface area contributed by atoms with Gasteiger partial charge in [-0.2, -0.15) is 0 Å². The summed E-state index contributed by atoms with van der Waals surface area (Å²) in [5, 5.41) is 4.52. The molecule has 1 radical (unpaired) electrons. The van der Waals surface area contributed by atoms with Crippen molar-refractivity contribution in [2.75, 3.05) is 19.6 Å². The van der Waals surface area contributed by atoms with E-state index in [2.05, 4.69) is 17.4 Å². The van der Waals surface area contributed by atoms with Gasteiger partial charge in [0.25, 0.3) is 0 Å². The van der Waals surface area contributed by atoms with Crippen LogP contribution in [-0.4, -0.2) is 24.1 Å². The van der Waals surface area contributed by atoms with Crippen LogP contribution in [0.3, 0.4) is 0 Å². The molecule has 13 heavy (non-hydrogen) atoms. The van der Waals surface area contributed by atoms with Crippen LogP contribution < -0.4 is 5.32 Å². The van der Waals surface area contributed by atoms with E-state index in [9.17, 15) is 0 Å². The molecule has 0 spiro atoms. The van der Waals surface area contributed by atoms with Gasteiger partial charge < -0.3 is 0 Å². The normalized spacial score (nSPS) is 24.5. The van der Waals surface area contributed by atoms with Gasteiger partial charge in [-0.3, -0.25) is 0 Å². The van der Waals surface area contributed by atoms with Crippen molar-refractivity contribution in [3.63, 3.8) is 0 Å². The topological polar surface area (TPSA) is 17.3 Å². The second-order valence-corrected chi connectivity index (χ2v) is 3.68. The molecule has 0 amide bonds. The van der Waals surface area contributed by atoms with E-state index in [0.29, 0.717) is 0 Å². The van der Waals surface area contributed by atoms with Crippen LogP contribution in [0.1, 0.15) is 11.6 Å². The second-order valence-electron chi connectivity index (χ2n) is 3.20. The molecule has 1 atom stereocenters. The fourth-order valence-electron chi connectivity index (χ4n) is 1.54. The molecular weight excluding hydrogens is 184 g/mol. The lowest BCUT2D eigenvalue weighted by atomic mass is 10.1. The molecule has 69 valence electrons. The number of piperazine rings is 1. The predicted octanol–water partition coefficient (Wildman–Crippen LogP) is 1.80. The van der Waals surface area contributed by atoms with Gasteiger partial charge in [0.1, 0.15) is 0 Å². The zero-order valence-corrected chi connectivity index (χ0v) is 8.11. The van der Waals surface area contributed by atoms with Gasteiger partial charge in [-0.25, -0.2) is 9.74 Å². The van der Waals surface area contributed by atoms with Gasteiger partial charge in [-0.15, -0.1) is 0 Å². The molecule has 1 aromatic rings. The van der Waals surface area contributed by atoms with Crippen LogP contribution in [0.2, 0.25) is 0 Å². The lowest BCUT2D eigenvalue weighted by molar-refractivity contribution is 0.310. The summed E-state index contributed by atoms with van der Waals surface area (Å²) in [6.45, 7) is 2.53. The van der Waals surface area contributed by atoms with E-state index in [1.54, 1.807) is 0 Å². The monoisotopic (exact) mass is 195 g/mol. The summed E-state index contributed by atoms with van der Waals surface area (Å²) in [5.74, 6) is 0. The van der Waals surface area contributed by atoms with E-state index >= 15 is 0 Å². The Bertz CT molecular complexity index is 263. The molecule has 3 heteroatoms. The molecule has 0 saturated carbocycles. The largest absolute Gasteiger partial charge is 0.231 e. The molecule has 1 unspecified atom stereocenters. The number of benzene rings is 1. The van der Waals surface area contributed by atoms with Gasteiger partial charge in [0, 0.05) is 19.6 Å². The molecule has 1 fully saturated rings. The molecule has 0 aromatic heterocycles. The van der Waals surface area contributed by atoms with Crippen LogP contribution in [0.15, 0.2) is 30.3 Å². The second kappa shape index (κ2) is 4.09. The molecular formula is C10H12ClN2. The first-order valence-corrected chi connectivity index (χ1v) is 4.82. The number of nitrogens with zero attached hydrogens (tertiary/aromatic N) is 2. The third kappa shape index (κ3) is 2.21. The number of hydrogen-bond acceptors (Lipinski definition) is 1. The Morgan fingerprint density at radius 3 is 2.77 bits per heavy atom. The van der Waals surface area contributed by atoms with Crippen LogP contribution >= 0.6 is 11.8 Å². The SMILES string of the molecule is ClN1CC[N]C(c2ccccc2)C1. The lowest BCUT2D eigenvalue weighted by Crippen LogP contribution is -2.37. The van der Waals surface area contributed by atoms with E-state index in [1.807, 2.05) is 22.6 Å². The van der Waals surface area contributed by atoms with Crippen molar-refractivity contribution in [3.05, 3.63) is 35.9 Å². The molecule has 0 bridgehead atoms. The van der Waals surface area contributed by atoms with Crippen LogP contribution in [0.4, 0.5) is 0 Å². The zero-order chi connectivity index (χ0) is 9.10. The number of hydrogen-bond donors (Lipinski definition) is 0. The molecule has 1 aromatic carbocycles. The van der Waals surface area contributed by atoms with Crippen molar-refractivity contribution in [3.8, 4) is 0 Å². The number of rotatable bonds is 1. The summed E-state index contributed by atoms with van der Waals surface area (Å²) in [6, 6.07) is 10.6. The standard InChI is InChI=1S/C10H12ClN2/c11-13-7-6-12-10(8-13)9-4-2-1-3-5-9/h1-5,10H,6-8H2. The summed E-state index contributed by atoms with van der Waals surface area (Å²) < 4.78 is 1.81. The Morgan fingerprint density at radius 1 is 1.31 bits per heavy atom. The van der Waals surface area contributed by atoms with Crippen molar-refractivity contribution >= 4 is 11.8 Å². The summed E-state index contributed by atoms with van der Waals surface area (Å²) in [6.07, 6.45) is 0. The highest BCUT2D eigenvalue weighted by molar-refractivity contribution is 6.13. The molecule has 0 aliphatic carbocycles. The first kappa shape index (κ1) is 9.00. The van der Waals surface area contributed by atoms with Crippen molar-refractivity contribution in [2.24, 2.45) is 0 Å². The minimum atomic E-state index is 0.257. The number of halogens is 1. The van der Waals surface area contributed by atoms with Crippen LogP contribution in [-0.2, 0) is 0 Å². The van der Waals surface area contributed by atoms with Gasteiger partial charge in [-0.1, -0.05) is 30.3 Å². The molecule has 2 nitrogen and oxygen atoms in total. The van der Waals surface area contributed by atoms with E-state index in [4.69, 9.17) is 11.8 Å². The summed E-state index contributed by atoms with van der Waals surface area (Å²) >= 11 is 5.93. The summed E-state index contributed by atoms with van der Waals surface area (Å²) in [5.41, 5.74) is 1.26. The first-order chi connectivity index (χ1) is 6.36. The molecule has 1 aliphatic rings. The zero-order valence-electron chi connectivity index (χ0n) is 7.36. The fourth-order valence-corrected chi connectivity index (χ4v) is 1.75. The molecule has 0 N–H and O–H groups in total. The van der Waals surface area contributed by atoms with Gasteiger partial charge in [0.05, 0.1) is 6.04 Å². The molecule has 2 rings (SSSR count). The summed E-state index contributed by atoms with van der Waals surface area (Å²) in [4.78, 5) is 0. The third-order valence-electron chi connectivity index (χ3n) is 2.25. The highest BCUT2D eigenvalue weighted by Crippen LogP contribution is 2.18. The van der Waals surface area contributed by atoms with Crippen LogP contribution in [0.25, 0.3) is 0 Å². The van der Waals surface area contributed by atoms with Crippen molar-refractivity contribution in [2.45, 2.75) is 6.04 Å². The fraction of sp³-hybridized carbons (Fsp3) is 0.400. The lowest BCUT2D eigenvalue weighted by Gasteiger charge is -2.27. The van der Waals surface area contributed by atoms with E-state index in [-0.39, 0.29) is 6.04 Å². The van der Waals surface area contributed by atoms with Gasteiger partial charge in [-0.05, 0) is 17.3 Å². The van der Waals surface area contributed by atoms with Crippen LogP contribution in [0.5, 0.6) is 0 Å². The van der Waals surface area contributed by atoms with E-state index in [1.165, 1.54) is 5.56 Å². The maximum atomic E-state index is 5.93. The summed E-state index contributed by atoms with van der Waals surface area (Å²) in [7, 11) is 0. The maximum absolute atomic E-state index is 5.93. The minimum Gasteiger partial charge on any atom is -0.231 e. The van der Waals surface area contributed by atoms with Crippen molar-refractivity contribution in [1.29, 1.82) is 0 Å². The van der Waals surface area contributed by atoms with Gasteiger partial charge in [0.15, 0.2) is 0 Å². The molecule has 1 heterocycles. The Labute approximate surface area is 83.6 Å². The smallest absolute Gasteiger partial charge is 0.0636 e. The first-order valence-electron chi connectivity index (χ1n) is 4.48. The third-order valence-corrected chi connectivity index (χ3v) is 2.55. The minimum absolute atomic E-state index is 0.257. The average molecular weight is 196 g/mol. The predicted molar refractivity (Wildman–Crippen MR) is 53.6 cm³/mol. The maximum Gasteiger partial charge on any atom is 0.0636 e. The van der Waals surface area contributed by atoms with E-state index in [0.717, 1.165) is 19.6 Å². The van der Waals surface area contributed by atoms with Crippen molar-refractivity contribution < 1.29 is 0 Å².